The first-order chi connectivity index (χ1) is 9.34. The van der Waals surface area contributed by atoms with Crippen LogP contribution in [0.2, 0.25) is 0 Å². The first-order valence-electron chi connectivity index (χ1n) is 7.80. The van der Waals surface area contributed by atoms with Gasteiger partial charge in [0.1, 0.15) is 5.82 Å². The van der Waals surface area contributed by atoms with Crippen molar-refractivity contribution < 1.29 is 0 Å². The quantitative estimate of drug-likeness (QED) is 0.884. The minimum Gasteiger partial charge on any atom is -0.357 e. The van der Waals surface area contributed by atoms with Crippen LogP contribution < -0.4 is 10.2 Å². The summed E-state index contributed by atoms with van der Waals surface area (Å²) in [7, 11) is 0. The van der Waals surface area contributed by atoms with Crippen molar-refractivity contribution in [1.29, 1.82) is 0 Å². The lowest BCUT2D eigenvalue weighted by Gasteiger charge is -2.29. The number of nitrogens with zero attached hydrogens (tertiary/aromatic N) is 2. The molecular formula is C16H25N3. The standard InChI is InChI=1S/C16H25N3/c1-13-14(15-7-3-4-10-17-15)8-9-16(18-13)19-11-5-2-6-12-19/h8-9,15,17H,2-7,10-12H2,1H3/t15-/m1/s1. The molecule has 0 spiro atoms. The van der Waals surface area contributed by atoms with Gasteiger partial charge in [-0.25, -0.2) is 4.98 Å². The Kier molecular flexibility index (Phi) is 4.02. The summed E-state index contributed by atoms with van der Waals surface area (Å²) in [5.74, 6) is 1.18. The normalized spacial score (nSPS) is 24.5. The SMILES string of the molecule is Cc1nc(N2CCCCC2)ccc1[C@H]1CCCCN1. The average molecular weight is 259 g/mol. The van der Waals surface area contributed by atoms with Gasteiger partial charge in [-0.15, -0.1) is 0 Å². The zero-order chi connectivity index (χ0) is 13.1. The van der Waals surface area contributed by atoms with Crippen LogP contribution >= 0.6 is 0 Å². The van der Waals surface area contributed by atoms with E-state index >= 15 is 0 Å². The molecule has 0 bridgehead atoms. The number of anilines is 1. The molecule has 0 aromatic carbocycles. The Morgan fingerprint density at radius 1 is 1.11 bits per heavy atom. The Morgan fingerprint density at radius 2 is 1.95 bits per heavy atom. The number of hydrogen-bond acceptors (Lipinski definition) is 3. The van der Waals surface area contributed by atoms with E-state index in [1.54, 1.807) is 0 Å². The van der Waals surface area contributed by atoms with E-state index in [1.807, 2.05) is 0 Å². The van der Waals surface area contributed by atoms with Crippen molar-refractivity contribution in [1.82, 2.24) is 10.3 Å². The molecule has 1 atom stereocenters. The van der Waals surface area contributed by atoms with Gasteiger partial charge in [-0.1, -0.05) is 12.5 Å². The lowest BCUT2D eigenvalue weighted by atomic mass is 9.96. The zero-order valence-electron chi connectivity index (χ0n) is 12.0. The third-order valence-corrected chi connectivity index (χ3v) is 4.48. The zero-order valence-corrected chi connectivity index (χ0v) is 12.0. The van der Waals surface area contributed by atoms with E-state index in [-0.39, 0.29) is 0 Å². The van der Waals surface area contributed by atoms with Crippen molar-refractivity contribution in [3.63, 3.8) is 0 Å². The van der Waals surface area contributed by atoms with Crippen LogP contribution in [0.5, 0.6) is 0 Å². The van der Waals surface area contributed by atoms with Gasteiger partial charge in [-0.3, -0.25) is 0 Å². The number of nitrogens with one attached hydrogen (secondary N) is 1. The van der Waals surface area contributed by atoms with E-state index in [0.717, 1.165) is 6.54 Å². The maximum absolute atomic E-state index is 4.86. The molecule has 0 radical (unpaired) electrons. The van der Waals surface area contributed by atoms with Crippen molar-refractivity contribution in [2.75, 3.05) is 24.5 Å². The first-order valence-corrected chi connectivity index (χ1v) is 7.80. The van der Waals surface area contributed by atoms with Crippen molar-refractivity contribution >= 4 is 5.82 Å². The van der Waals surface area contributed by atoms with Crippen LogP contribution in [0.4, 0.5) is 5.82 Å². The smallest absolute Gasteiger partial charge is 0.128 e. The molecule has 2 aliphatic heterocycles. The van der Waals surface area contributed by atoms with Gasteiger partial charge in [-0.05, 0) is 57.2 Å². The Hall–Kier alpha value is -1.09. The monoisotopic (exact) mass is 259 g/mol. The number of aromatic nitrogens is 1. The summed E-state index contributed by atoms with van der Waals surface area (Å²) in [5.41, 5.74) is 2.61. The van der Waals surface area contributed by atoms with Gasteiger partial charge in [0.2, 0.25) is 0 Å². The third-order valence-electron chi connectivity index (χ3n) is 4.48. The fourth-order valence-corrected chi connectivity index (χ4v) is 3.34. The lowest BCUT2D eigenvalue weighted by molar-refractivity contribution is 0.410. The molecule has 1 N–H and O–H groups in total. The van der Waals surface area contributed by atoms with Gasteiger partial charge in [0, 0.05) is 24.8 Å². The van der Waals surface area contributed by atoms with Crippen LogP contribution in [0.1, 0.15) is 55.8 Å². The summed E-state index contributed by atoms with van der Waals surface area (Å²) in [6.07, 6.45) is 7.91. The topological polar surface area (TPSA) is 28.2 Å². The number of hydrogen-bond donors (Lipinski definition) is 1. The molecule has 2 fully saturated rings. The molecule has 0 aliphatic carbocycles. The van der Waals surface area contributed by atoms with Crippen LogP contribution in [0.15, 0.2) is 12.1 Å². The fourth-order valence-electron chi connectivity index (χ4n) is 3.34. The van der Waals surface area contributed by atoms with Crippen LogP contribution in [0.25, 0.3) is 0 Å². The molecule has 1 aromatic heterocycles. The van der Waals surface area contributed by atoms with E-state index < -0.39 is 0 Å². The van der Waals surface area contributed by atoms with E-state index in [9.17, 15) is 0 Å². The second kappa shape index (κ2) is 5.91. The largest absolute Gasteiger partial charge is 0.357 e. The predicted molar refractivity (Wildman–Crippen MR) is 79.6 cm³/mol. The number of aryl methyl sites for hydroxylation is 1. The van der Waals surface area contributed by atoms with Crippen molar-refractivity contribution in [3.8, 4) is 0 Å². The molecule has 19 heavy (non-hydrogen) atoms. The highest BCUT2D eigenvalue weighted by molar-refractivity contribution is 5.42. The summed E-state index contributed by atoms with van der Waals surface area (Å²) in [6.45, 7) is 5.66. The molecule has 104 valence electrons. The molecule has 0 saturated carbocycles. The van der Waals surface area contributed by atoms with Gasteiger partial charge in [0.15, 0.2) is 0 Å². The molecule has 3 heterocycles. The summed E-state index contributed by atoms with van der Waals surface area (Å²) >= 11 is 0. The Morgan fingerprint density at radius 3 is 2.63 bits per heavy atom. The maximum atomic E-state index is 4.86. The molecule has 3 nitrogen and oxygen atoms in total. The van der Waals surface area contributed by atoms with E-state index in [1.165, 1.54) is 68.7 Å². The Bertz CT molecular complexity index is 418. The Labute approximate surface area is 116 Å². The van der Waals surface area contributed by atoms with Gasteiger partial charge in [-0.2, -0.15) is 0 Å². The Balaban J connectivity index is 1.76. The molecular weight excluding hydrogens is 234 g/mol. The molecule has 2 aliphatic rings. The lowest BCUT2D eigenvalue weighted by Crippen LogP contribution is -2.31. The van der Waals surface area contributed by atoms with Crippen LogP contribution in [0.3, 0.4) is 0 Å². The molecule has 1 aromatic rings. The molecule has 0 unspecified atom stereocenters. The van der Waals surface area contributed by atoms with E-state index in [2.05, 4.69) is 29.3 Å². The molecule has 0 amide bonds. The van der Waals surface area contributed by atoms with E-state index in [4.69, 9.17) is 4.98 Å². The first kappa shape index (κ1) is 12.9. The molecule has 2 saturated heterocycles. The van der Waals surface area contributed by atoms with Gasteiger partial charge < -0.3 is 10.2 Å². The van der Waals surface area contributed by atoms with Gasteiger partial charge in [0.25, 0.3) is 0 Å². The third kappa shape index (κ3) is 2.92. The highest BCUT2D eigenvalue weighted by Gasteiger charge is 2.19. The molecule has 3 heteroatoms. The summed E-state index contributed by atoms with van der Waals surface area (Å²) in [5, 5.41) is 3.62. The number of pyridine rings is 1. The van der Waals surface area contributed by atoms with Crippen LogP contribution in [0, 0.1) is 6.92 Å². The summed E-state index contributed by atoms with van der Waals surface area (Å²) < 4.78 is 0. The second-order valence-electron chi connectivity index (χ2n) is 5.89. The highest BCUT2D eigenvalue weighted by Crippen LogP contribution is 2.27. The predicted octanol–water partition coefficient (Wildman–Crippen LogP) is 3.19. The van der Waals surface area contributed by atoms with Gasteiger partial charge in [0.05, 0.1) is 0 Å². The maximum Gasteiger partial charge on any atom is 0.128 e. The minimum atomic E-state index is 0.525. The fraction of sp³-hybridized carbons (Fsp3) is 0.688. The molecule has 3 rings (SSSR count). The average Bonchev–Trinajstić information content (AvgIpc) is 2.49. The van der Waals surface area contributed by atoms with Gasteiger partial charge >= 0.3 is 0 Å². The highest BCUT2D eigenvalue weighted by atomic mass is 15.2. The minimum absolute atomic E-state index is 0.525. The second-order valence-corrected chi connectivity index (χ2v) is 5.89. The number of rotatable bonds is 2. The summed E-state index contributed by atoms with van der Waals surface area (Å²) in [4.78, 5) is 7.30. The van der Waals surface area contributed by atoms with Crippen molar-refractivity contribution in [2.45, 2.75) is 51.5 Å². The van der Waals surface area contributed by atoms with Crippen LogP contribution in [-0.2, 0) is 0 Å². The van der Waals surface area contributed by atoms with E-state index in [0.29, 0.717) is 6.04 Å². The van der Waals surface area contributed by atoms with Crippen molar-refractivity contribution in [2.24, 2.45) is 0 Å². The summed E-state index contributed by atoms with van der Waals surface area (Å²) in [6, 6.07) is 5.05. The van der Waals surface area contributed by atoms with Crippen LogP contribution in [-0.4, -0.2) is 24.6 Å². The number of piperidine rings is 2. The van der Waals surface area contributed by atoms with Crippen molar-refractivity contribution in [3.05, 3.63) is 23.4 Å².